The van der Waals surface area contributed by atoms with Gasteiger partial charge >= 0.3 is 0 Å². The summed E-state index contributed by atoms with van der Waals surface area (Å²) >= 11 is 0. The first-order valence-corrected chi connectivity index (χ1v) is 12.4. The van der Waals surface area contributed by atoms with Crippen molar-refractivity contribution < 1.29 is 15.4 Å². The third kappa shape index (κ3) is 4.19. The van der Waals surface area contributed by atoms with Crippen molar-refractivity contribution in [2.24, 2.45) is 5.41 Å². The summed E-state index contributed by atoms with van der Waals surface area (Å²) in [5.74, 6) is -0.968. The zero-order valence-electron chi connectivity index (χ0n) is 28.8. The van der Waals surface area contributed by atoms with Crippen LogP contribution in [0.25, 0.3) is 44.5 Å². The summed E-state index contributed by atoms with van der Waals surface area (Å²) < 4.78 is 74.7. The summed E-state index contributed by atoms with van der Waals surface area (Å²) in [5.41, 5.74) is 1.63. The number of rotatable bonds is 3. The molecule has 184 valence electrons. The van der Waals surface area contributed by atoms with E-state index in [1.165, 1.54) is 12.3 Å². The van der Waals surface area contributed by atoms with Gasteiger partial charge in [-0.2, -0.15) is 5.26 Å². The first-order chi connectivity index (χ1) is 21.0. The number of aromatic nitrogens is 2. The monoisotopic (exact) mass is 493 g/mol. The Kier molecular flexibility index (Phi) is 3.83. The molecular formula is C33H31N3O. The Balaban J connectivity index is 1.58. The standard InChI is InChI=1S/C33H31N3O/c1-20-16-23(22-12-14-33(3,4)15-13-22)8-10-25(20)29-17-30(35-19-21(29)2)28-7-5-6-26-27-11-9-24(18-34)36-32(27)37-31(26)28/h5-11,16-17,19,22H,12-15H2,1-4H3/i1D3,2D3,17D,22D. The minimum absolute atomic E-state index is 0.0560. The van der Waals surface area contributed by atoms with Crippen LogP contribution in [0.5, 0.6) is 0 Å². The van der Waals surface area contributed by atoms with Gasteiger partial charge in [-0.25, -0.2) is 4.98 Å². The number of benzene rings is 2. The molecule has 0 N–H and O–H groups in total. The van der Waals surface area contributed by atoms with Crippen molar-refractivity contribution >= 4 is 22.1 Å². The number of para-hydroxylation sites is 1. The number of hydrogen-bond donors (Lipinski definition) is 0. The molecule has 1 saturated carbocycles. The van der Waals surface area contributed by atoms with Crippen molar-refractivity contribution in [3.05, 3.63) is 83.2 Å². The summed E-state index contributed by atoms with van der Waals surface area (Å²) in [7, 11) is 0. The minimum atomic E-state index is -2.70. The van der Waals surface area contributed by atoms with Crippen LogP contribution in [0.3, 0.4) is 0 Å². The van der Waals surface area contributed by atoms with Gasteiger partial charge in [0.2, 0.25) is 5.71 Å². The molecule has 3 heterocycles. The molecule has 0 unspecified atom stereocenters. The van der Waals surface area contributed by atoms with Crippen LogP contribution < -0.4 is 0 Å². The van der Waals surface area contributed by atoms with Crippen molar-refractivity contribution in [1.29, 1.82) is 5.26 Å². The average molecular weight is 494 g/mol. The number of pyridine rings is 2. The maximum atomic E-state index is 9.32. The van der Waals surface area contributed by atoms with E-state index in [0.29, 0.717) is 40.3 Å². The van der Waals surface area contributed by atoms with Crippen LogP contribution in [-0.4, -0.2) is 9.97 Å². The van der Waals surface area contributed by atoms with Crippen LogP contribution in [0.4, 0.5) is 0 Å². The van der Waals surface area contributed by atoms with E-state index in [9.17, 15) is 8.00 Å². The number of nitrogens with zero attached hydrogens (tertiary/aromatic N) is 3. The quantitative estimate of drug-likeness (QED) is 0.252. The summed E-state index contributed by atoms with van der Waals surface area (Å²) in [6.07, 6.45) is 3.99. The summed E-state index contributed by atoms with van der Waals surface area (Å²) in [4.78, 5) is 8.66. The van der Waals surface area contributed by atoms with E-state index in [4.69, 9.17) is 12.6 Å². The number of furan rings is 1. The molecule has 5 aromatic rings. The predicted octanol–water partition coefficient (Wildman–Crippen LogP) is 8.88. The highest BCUT2D eigenvalue weighted by molar-refractivity contribution is 6.08. The van der Waals surface area contributed by atoms with Gasteiger partial charge in [-0.3, -0.25) is 4.98 Å². The minimum Gasteiger partial charge on any atom is -0.437 e. The van der Waals surface area contributed by atoms with Crippen LogP contribution >= 0.6 is 0 Å². The second-order valence-corrected chi connectivity index (χ2v) is 10.5. The Hall–Kier alpha value is -3.97. The van der Waals surface area contributed by atoms with Crippen molar-refractivity contribution in [2.45, 2.75) is 59.1 Å². The van der Waals surface area contributed by atoms with E-state index in [0.717, 1.165) is 12.8 Å². The van der Waals surface area contributed by atoms with E-state index in [-0.39, 0.29) is 50.8 Å². The highest BCUT2D eigenvalue weighted by Gasteiger charge is 2.27. The second kappa shape index (κ2) is 8.85. The topological polar surface area (TPSA) is 62.7 Å². The summed E-state index contributed by atoms with van der Waals surface area (Å²) in [6.45, 7) is -1.01. The van der Waals surface area contributed by atoms with Crippen LogP contribution in [0.2, 0.25) is 0 Å². The van der Waals surface area contributed by atoms with Crippen molar-refractivity contribution in [3.63, 3.8) is 0 Å². The Morgan fingerprint density at radius 1 is 1.03 bits per heavy atom. The summed E-state index contributed by atoms with van der Waals surface area (Å²) in [5, 5.41) is 10.6. The molecule has 0 spiro atoms. The molecule has 0 aliphatic heterocycles. The normalized spacial score (nSPS) is 20.5. The van der Waals surface area contributed by atoms with Gasteiger partial charge in [-0.15, -0.1) is 0 Å². The van der Waals surface area contributed by atoms with Gasteiger partial charge in [0.1, 0.15) is 17.3 Å². The van der Waals surface area contributed by atoms with Gasteiger partial charge < -0.3 is 4.42 Å². The fourth-order valence-corrected chi connectivity index (χ4v) is 5.19. The third-order valence-corrected chi connectivity index (χ3v) is 7.47. The molecule has 0 saturated heterocycles. The molecule has 6 rings (SSSR count). The van der Waals surface area contributed by atoms with E-state index < -0.39 is 19.6 Å². The highest BCUT2D eigenvalue weighted by Crippen LogP contribution is 2.43. The number of fused-ring (bicyclic) bond motifs is 3. The molecule has 0 bridgehead atoms. The van der Waals surface area contributed by atoms with Crippen LogP contribution in [0.15, 0.2) is 65.2 Å². The molecule has 4 nitrogen and oxygen atoms in total. The van der Waals surface area contributed by atoms with E-state index in [1.807, 2.05) is 12.1 Å². The Morgan fingerprint density at radius 3 is 2.65 bits per heavy atom. The van der Waals surface area contributed by atoms with Gasteiger partial charge in [0.05, 0.1) is 7.06 Å². The van der Waals surface area contributed by atoms with Crippen LogP contribution in [-0.2, 0) is 0 Å². The first kappa shape index (κ1) is 16.0. The molecule has 0 amide bonds. The third-order valence-electron chi connectivity index (χ3n) is 7.47. The SMILES string of the molecule is [2H]c1c(-c2cccc3c2oc2nc(C#N)ccc23)ncc(C([2H])([2H])[2H])c1-c1ccc(C2([2H])CCC(C)(C)CC2)cc1C([2H])([2H])[2H]. The molecule has 2 aromatic carbocycles. The van der Waals surface area contributed by atoms with Crippen molar-refractivity contribution in [1.82, 2.24) is 9.97 Å². The molecule has 37 heavy (non-hydrogen) atoms. The predicted molar refractivity (Wildman–Crippen MR) is 149 cm³/mol. The largest absolute Gasteiger partial charge is 0.437 e. The summed E-state index contributed by atoms with van der Waals surface area (Å²) in [6, 6.07) is 15.1. The Morgan fingerprint density at radius 2 is 1.86 bits per heavy atom. The molecular weight excluding hydrogens is 454 g/mol. The molecule has 0 radical (unpaired) electrons. The molecule has 1 aliphatic carbocycles. The van der Waals surface area contributed by atoms with E-state index in [1.54, 1.807) is 36.4 Å². The fraction of sp³-hybridized carbons (Fsp3) is 0.303. The van der Waals surface area contributed by atoms with Crippen molar-refractivity contribution in [3.8, 4) is 28.5 Å². The van der Waals surface area contributed by atoms with Gasteiger partial charge in [0, 0.05) is 32.1 Å². The van der Waals surface area contributed by atoms with Gasteiger partial charge in [0.25, 0.3) is 0 Å². The second-order valence-electron chi connectivity index (χ2n) is 10.5. The van der Waals surface area contributed by atoms with Gasteiger partial charge in [-0.05, 0) is 103 Å². The number of hydrogen-bond acceptors (Lipinski definition) is 4. The van der Waals surface area contributed by atoms with Gasteiger partial charge in [0.15, 0.2) is 0 Å². The number of aryl methyl sites for hydroxylation is 2. The molecule has 4 heteroatoms. The first-order valence-electron chi connectivity index (χ1n) is 16.4. The zero-order valence-corrected chi connectivity index (χ0v) is 20.8. The lowest BCUT2D eigenvalue weighted by molar-refractivity contribution is 0.224. The zero-order chi connectivity index (χ0) is 32.5. The smallest absolute Gasteiger partial charge is 0.228 e. The Labute approximate surface area is 229 Å². The highest BCUT2D eigenvalue weighted by atomic mass is 16.3. The van der Waals surface area contributed by atoms with E-state index in [2.05, 4.69) is 23.8 Å². The lowest BCUT2D eigenvalue weighted by Gasteiger charge is -2.34. The van der Waals surface area contributed by atoms with Gasteiger partial charge in [-0.1, -0.05) is 44.2 Å². The van der Waals surface area contributed by atoms with Crippen LogP contribution in [0.1, 0.15) is 78.8 Å². The molecule has 0 atom stereocenters. The van der Waals surface area contributed by atoms with Crippen LogP contribution in [0, 0.1) is 30.4 Å². The number of nitriles is 1. The Bertz CT molecular complexity index is 2010. The van der Waals surface area contributed by atoms with E-state index >= 15 is 0 Å². The maximum absolute atomic E-state index is 9.32. The lowest BCUT2D eigenvalue weighted by atomic mass is 9.71. The maximum Gasteiger partial charge on any atom is 0.228 e. The fourth-order valence-electron chi connectivity index (χ4n) is 5.19. The lowest BCUT2D eigenvalue weighted by Crippen LogP contribution is -2.20. The molecule has 3 aromatic heterocycles. The molecule has 1 aliphatic rings. The molecule has 1 fully saturated rings. The average Bonchev–Trinajstić information content (AvgIpc) is 3.35. The van der Waals surface area contributed by atoms with Crippen molar-refractivity contribution in [2.75, 3.05) is 0 Å².